The summed E-state index contributed by atoms with van der Waals surface area (Å²) in [6.07, 6.45) is 3.08. The number of benzene rings is 1. The first-order valence-corrected chi connectivity index (χ1v) is 6.82. The zero-order valence-corrected chi connectivity index (χ0v) is 12.4. The molecule has 0 unspecified atom stereocenters. The van der Waals surface area contributed by atoms with Gasteiger partial charge >= 0.3 is 5.97 Å². The highest BCUT2D eigenvalue weighted by molar-refractivity contribution is 9.10. The fourth-order valence-corrected chi connectivity index (χ4v) is 2.31. The molecular weight excluding hydrogens is 340 g/mol. The van der Waals surface area contributed by atoms with Gasteiger partial charge in [-0.3, -0.25) is 4.79 Å². The number of carbonyl (C=O) groups excluding carboxylic acids is 1. The maximum Gasteiger partial charge on any atom is 0.326 e. The Balaban J connectivity index is 2.12. The van der Waals surface area contributed by atoms with Crippen LogP contribution in [-0.2, 0) is 11.2 Å². The summed E-state index contributed by atoms with van der Waals surface area (Å²) in [5.41, 5.74) is 6.98. The number of imidazole rings is 1. The SMILES string of the molecule is Nc1cc(Br)cc(C(=O)N[C@@H](Cc2cnc[nH]2)C(=O)O)c1. The highest BCUT2D eigenvalue weighted by Crippen LogP contribution is 2.17. The predicted octanol–water partition coefficient (Wildman–Crippen LogP) is 1.18. The molecule has 0 saturated heterocycles. The maximum atomic E-state index is 12.1. The Morgan fingerprint density at radius 3 is 2.76 bits per heavy atom. The number of carbonyl (C=O) groups is 2. The van der Waals surface area contributed by atoms with Gasteiger partial charge in [-0.2, -0.15) is 0 Å². The molecular formula is C13H13BrN4O3. The number of hydrogen-bond donors (Lipinski definition) is 4. The molecule has 0 saturated carbocycles. The summed E-state index contributed by atoms with van der Waals surface area (Å²) in [5.74, 6) is -1.63. The molecule has 0 aliphatic carbocycles. The number of nitrogens with one attached hydrogen (secondary N) is 2. The Morgan fingerprint density at radius 2 is 2.19 bits per heavy atom. The van der Waals surface area contributed by atoms with Gasteiger partial charge in [-0.15, -0.1) is 0 Å². The molecule has 5 N–H and O–H groups in total. The van der Waals surface area contributed by atoms with Crippen LogP contribution in [0.3, 0.4) is 0 Å². The van der Waals surface area contributed by atoms with Gasteiger partial charge in [0, 0.05) is 34.0 Å². The second-order valence-electron chi connectivity index (χ2n) is 4.42. The smallest absolute Gasteiger partial charge is 0.326 e. The first-order valence-electron chi connectivity index (χ1n) is 6.02. The van der Waals surface area contributed by atoms with Crippen LogP contribution in [0.4, 0.5) is 5.69 Å². The number of H-pyrrole nitrogens is 1. The number of aliphatic carboxylic acids is 1. The lowest BCUT2D eigenvalue weighted by Crippen LogP contribution is -2.42. The summed E-state index contributed by atoms with van der Waals surface area (Å²) >= 11 is 3.24. The number of carboxylic acids is 1. The van der Waals surface area contributed by atoms with Gasteiger partial charge in [-0.1, -0.05) is 15.9 Å². The summed E-state index contributed by atoms with van der Waals surface area (Å²) in [6, 6.07) is 3.64. The van der Waals surface area contributed by atoms with Gasteiger partial charge in [0.25, 0.3) is 5.91 Å². The average molecular weight is 353 g/mol. The predicted molar refractivity (Wildman–Crippen MR) is 79.7 cm³/mol. The zero-order chi connectivity index (χ0) is 15.4. The Bertz CT molecular complexity index is 637. The fourth-order valence-electron chi connectivity index (χ4n) is 1.80. The van der Waals surface area contributed by atoms with E-state index in [4.69, 9.17) is 5.73 Å². The van der Waals surface area contributed by atoms with Crippen molar-refractivity contribution in [3.63, 3.8) is 0 Å². The number of nitrogens with zero attached hydrogens (tertiary/aromatic N) is 1. The lowest BCUT2D eigenvalue weighted by Gasteiger charge is -2.14. The van der Waals surface area contributed by atoms with Crippen LogP contribution in [0.1, 0.15) is 16.1 Å². The molecule has 2 aromatic rings. The van der Waals surface area contributed by atoms with Crippen molar-refractivity contribution in [3.8, 4) is 0 Å². The third-order valence-corrected chi connectivity index (χ3v) is 3.22. The number of anilines is 1. The highest BCUT2D eigenvalue weighted by Gasteiger charge is 2.22. The van der Waals surface area contributed by atoms with Gasteiger partial charge in [0.05, 0.1) is 6.33 Å². The Morgan fingerprint density at radius 1 is 1.43 bits per heavy atom. The third kappa shape index (κ3) is 4.06. The molecule has 0 spiro atoms. The molecule has 0 fully saturated rings. The molecule has 1 amide bonds. The number of aromatic amines is 1. The van der Waals surface area contributed by atoms with Crippen molar-refractivity contribution < 1.29 is 14.7 Å². The van der Waals surface area contributed by atoms with Crippen molar-refractivity contribution in [2.45, 2.75) is 12.5 Å². The number of aromatic nitrogens is 2. The van der Waals surface area contributed by atoms with E-state index >= 15 is 0 Å². The van der Waals surface area contributed by atoms with Crippen molar-refractivity contribution >= 4 is 33.5 Å². The van der Waals surface area contributed by atoms with Crippen molar-refractivity contribution in [1.82, 2.24) is 15.3 Å². The van der Waals surface area contributed by atoms with Crippen molar-refractivity contribution in [3.05, 3.63) is 46.5 Å². The number of halogens is 1. The van der Waals surface area contributed by atoms with Crippen LogP contribution in [0.2, 0.25) is 0 Å². The van der Waals surface area contributed by atoms with Gasteiger partial charge in [0.15, 0.2) is 0 Å². The summed E-state index contributed by atoms with van der Waals surface area (Å²) < 4.78 is 0.646. The number of hydrogen-bond acceptors (Lipinski definition) is 4. The monoisotopic (exact) mass is 352 g/mol. The number of rotatable bonds is 5. The molecule has 7 nitrogen and oxygen atoms in total. The van der Waals surface area contributed by atoms with E-state index in [9.17, 15) is 14.7 Å². The van der Waals surface area contributed by atoms with Crippen LogP contribution in [0, 0.1) is 0 Å². The number of nitrogens with two attached hydrogens (primary N) is 1. The summed E-state index contributed by atoms with van der Waals surface area (Å²) in [6.45, 7) is 0. The number of amides is 1. The van der Waals surface area contributed by atoms with E-state index in [0.717, 1.165) is 0 Å². The quantitative estimate of drug-likeness (QED) is 0.602. The van der Waals surface area contributed by atoms with Crippen molar-refractivity contribution in [2.75, 3.05) is 5.73 Å². The molecule has 0 bridgehead atoms. The van der Waals surface area contributed by atoms with Crippen molar-refractivity contribution in [1.29, 1.82) is 0 Å². The van der Waals surface area contributed by atoms with Gasteiger partial charge in [-0.05, 0) is 18.2 Å². The van der Waals surface area contributed by atoms with E-state index in [1.165, 1.54) is 18.6 Å². The maximum absolute atomic E-state index is 12.1. The molecule has 1 aromatic heterocycles. The van der Waals surface area contributed by atoms with Crippen LogP contribution < -0.4 is 11.1 Å². The number of nitrogen functional groups attached to an aromatic ring is 1. The van der Waals surface area contributed by atoms with Gasteiger partial charge in [0.2, 0.25) is 0 Å². The zero-order valence-electron chi connectivity index (χ0n) is 10.8. The molecule has 110 valence electrons. The molecule has 0 aliphatic heterocycles. The van der Waals surface area contributed by atoms with Gasteiger partial charge < -0.3 is 21.1 Å². The lowest BCUT2D eigenvalue weighted by atomic mass is 10.1. The minimum absolute atomic E-state index is 0.116. The molecule has 1 atom stereocenters. The van der Waals surface area contributed by atoms with E-state index in [1.807, 2.05) is 0 Å². The number of carboxylic acid groups (broad SMARTS) is 1. The Hall–Kier alpha value is -2.35. The molecule has 0 aliphatic rings. The fraction of sp³-hybridized carbons (Fsp3) is 0.154. The minimum Gasteiger partial charge on any atom is -0.480 e. The molecule has 8 heteroatoms. The second kappa shape index (κ2) is 6.40. The molecule has 2 rings (SSSR count). The van der Waals surface area contributed by atoms with Gasteiger partial charge in [0.1, 0.15) is 6.04 Å². The molecule has 0 radical (unpaired) electrons. The standard InChI is InChI=1S/C13H13BrN4O3/c14-8-1-7(2-9(15)3-8)12(19)18-11(13(20)21)4-10-5-16-6-17-10/h1-3,5-6,11H,4,15H2,(H,16,17)(H,18,19)(H,20,21)/t11-/m0/s1. The average Bonchev–Trinajstić information content (AvgIpc) is 2.89. The largest absolute Gasteiger partial charge is 0.480 e. The van der Waals surface area contributed by atoms with Crippen LogP contribution in [0.5, 0.6) is 0 Å². The van der Waals surface area contributed by atoms with E-state index < -0.39 is 17.9 Å². The lowest BCUT2D eigenvalue weighted by molar-refractivity contribution is -0.139. The van der Waals surface area contributed by atoms with E-state index in [-0.39, 0.29) is 12.0 Å². The third-order valence-electron chi connectivity index (χ3n) is 2.76. The molecule has 1 aromatic carbocycles. The summed E-state index contributed by atoms with van der Waals surface area (Å²) in [5, 5.41) is 11.7. The van der Waals surface area contributed by atoms with Crippen molar-refractivity contribution in [2.24, 2.45) is 0 Å². The van der Waals surface area contributed by atoms with E-state index in [2.05, 4.69) is 31.2 Å². The van der Waals surface area contributed by atoms with E-state index in [1.54, 1.807) is 12.1 Å². The van der Waals surface area contributed by atoms with E-state index in [0.29, 0.717) is 15.9 Å². The highest BCUT2D eigenvalue weighted by atomic mass is 79.9. The summed E-state index contributed by atoms with van der Waals surface area (Å²) in [7, 11) is 0. The van der Waals surface area contributed by atoms with Gasteiger partial charge in [-0.25, -0.2) is 9.78 Å². The normalized spacial score (nSPS) is 11.9. The van der Waals surface area contributed by atoms with Crippen LogP contribution in [0.25, 0.3) is 0 Å². The molecule has 1 heterocycles. The first kappa shape index (κ1) is 15.0. The Labute approximate surface area is 128 Å². The summed E-state index contributed by atoms with van der Waals surface area (Å²) in [4.78, 5) is 30.0. The minimum atomic E-state index is -1.12. The molecule has 21 heavy (non-hydrogen) atoms. The topological polar surface area (TPSA) is 121 Å². The van der Waals surface area contributed by atoms with Crippen LogP contribution >= 0.6 is 15.9 Å². The second-order valence-corrected chi connectivity index (χ2v) is 5.33. The Kier molecular flexibility index (Phi) is 4.59. The first-order chi connectivity index (χ1) is 9.95. The van der Waals surface area contributed by atoms with Crippen LogP contribution in [-0.4, -0.2) is 33.0 Å². The van der Waals surface area contributed by atoms with Crippen LogP contribution in [0.15, 0.2) is 35.2 Å².